The Kier molecular flexibility index (Phi) is 5.50. The summed E-state index contributed by atoms with van der Waals surface area (Å²) in [6.45, 7) is 2.70. The lowest BCUT2D eigenvalue weighted by atomic mass is 10.3. The first-order valence-corrected chi connectivity index (χ1v) is 8.08. The molecule has 0 saturated carbocycles. The molecule has 8 heteroatoms. The largest absolute Gasteiger partial charge is 0.493 e. The Hall–Kier alpha value is -3.03. The number of hydrogen-bond acceptors (Lipinski definition) is 6. The first-order valence-electron chi connectivity index (χ1n) is 8.08. The molecular formula is C17H21N5O3. The maximum absolute atomic E-state index is 12.2. The number of nitrogens with one attached hydrogen (secondary N) is 1. The van der Waals surface area contributed by atoms with Crippen molar-refractivity contribution in [3.05, 3.63) is 42.7 Å². The summed E-state index contributed by atoms with van der Waals surface area (Å²) < 4.78 is 10.8. The molecule has 2 aromatic rings. The second-order valence-electron chi connectivity index (χ2n) is 5.44. The molecular weight excluding hydrogens is 322 g/mol. The van der Waals surface area contributed by atoms with Gasteiger partial charge in [-0.15, -0.1) is 0 Å². The molecule has 2 heterocycles. The van der Waals surface area contributed by atoms with Crippen molar-refractivity contribution in [2.24, 2.45) is 0 Å². The van der Waals surface area contributed by atoms with Crippen molar-refractivity contribution in [3.63, 3.8) is 0 Å². The third kappa shape index (κ3) is 4.28. The van der Waals surface area contributed by atoms with Gasteiger partial charge in [0, 0.05) is 38.6 Å². The highest BCUT2D eigenvalue weighted by Gasteiger charge is 2.22. The minimum Gasteiger partial charge on any atom is -0.493 e. The van der Waals surface area contributed by atoms with Crippen molar-refractivity contribution in [2.75, 3.05) is 44.9 Å². The summed E-state index contributed by atoms with van der Waals surface area (Å²) in [6, 6.07) is 8.95. The fraction of sp³-hybridized carbons (Fsp3) is 0.353. The van der Waals surface area contributed by atoms with E-state index in [2.05, 4.69) is 20.2 Å². The van der Waals surface area contributed by atoms with E-state index in [0.29, 0.717) is 43.6 Å². The fourth-order valence-electron chi connectivity index (χ4n) is 2.59. The molecule has 0 bridgehead atoms. The molecule has 3 rings (SSSR count). The Morgan fingerprint density at radius 2 is 1.76 bits per heavy atom. The Morgan fingerprint density at radius 1 is 1.08 bits per heavy atom. The smallest absolute Gasteiger partial charge is 0.320 e. The van der Waals surface area contributed by atoms with Crippen LogP contribution in [0.25, 0.3) is 0 Å². The average Bonchev–Trinajstić information content (AvgIpc) is 2.69. The van der Waals surface area contributed by atoms with Crippen LogP contribution in [0, 0.1) is 0 Å². The summed E-state index contributed by atoms with van der Waals surface area (Å²) in [4.78, 5) is 24.5. The van der Waals surface area contributed by atoms with Gasteiger partial charge < -0.3 is 24.6 Å². The van der Waals surface area contributed by atoms with Gasteiger partial charge in [-0.1, -0.05) is 12.1 Å². The lowest BCUT2D eigenvalue weighted by molar-refractivity contribution is 0.180. The van der Waals surface area contributed by atoms with Crippen LogP contribution in [0.4, 0.5) is 10.7 Å². The number of urea groups is 1. The van der Waals surface area contributed by atoms with Gasteiger partial charge in [-0.05, 0) is 18.2 Å². The number of hydrogen-bond donors (Lipinski definition) is 1. The Morgan fingerprint density at radius 3 is 2.44 bits per heavy atom. The van der Waals surface area contributed by atoms with E-state index in [1.807, 2.05) is 18.2 Å². The number of ether oxygens (including phenoxy) is 2. The third-order valence-electron chi connectivity index (χ3n) is 3.92. The maximum atomic E-state index is 12.2. The highest BCUT2D eigenvalue weighted by atomic mass is 16.5. The van der Waals surface area contributed by atoms with Crippen molar-refractivity contribution < 1.29 is 14.3 Å². The van der Waals surface area contributed by atoms with Crippen LogP contribution in [-0.4, -0.2) is 60.9 Å². The van der Waals surface area contributed by atoms with Gasteiger partial charge in [0.1, 0.15) is 0 Å². The summed E-state index contributed by atoms with van der Waals surface area (Å²) in [5.41, 5.74) is 0. The van der Waals surface area contributed by atoms with E-state index < -0.39 is 0 Å². The normalized spacial score (nSPS) is 14.1. The molecule has 1 aromatic carbocycles. The van der Waals surface area contributed by atoms with Crippen molar-refractivity contribution in [1.82, 2.24) is 20.2 Å². The number of aromatic nitrogens is 2. The first kappa shape index (κ1) is 16.8. The number of rotatable bonds is 5. The Balaban J connectivity index is 1.44. The average molecular weight is 343 g/mol. The van der Waals surface area contributed by atoms with Gasteiger partial charge in [-0.2, -0.15) is 0 Å². The number of para-hydroxylation sites is 2. The molecule has 0 radical (unpaired) electrons. The van der Waals surface area contributed by atoms with E-state index in [0.717, 1.165) is 0 Å². The van der Waals surface area contributed by atoms with E-state index in [-0.39, 0.29) is 12.8 Å². The van der Waals surface area contributed by atoms with E-state index in [1.165, 1.54) is 0 Å². The van der Waals surface area contributed by atoms with Crippen LogP contribution in [0.3, 0.4) is 0 Å². The molecule has 0 aliphatic carbocycles. The predicted octanol–water partition coefficient (Wildman–Crippen LogP) is 1.35. The van der Waals surface area contributed by atoms with Crippen LogP contribution in [0.5, 0.6) is 11.5 Å². The molecule has 1 fully saturated rings. The quantitative estimate of drug-likeness (QED) is 0.826. The molecule has 132 valence electrons. The molecule has 1 aliphatic rings. The van der Waals surface area contributed by atoms with Crippen LogP contribution < -0.4 is 19.7 Å². The number of piperazine rings is 1. The van der Waals surface area contributed by atoms with E-state index >= 15 is 0 Å². The van der Waals surface area contributed by atoms with Gasteiger partial charge in [0.15, 0.2) is 18.2 Å². The zero-order chi connectivity index (χ0) is 17.5. The lowest BCUT2D eigenvalue weighted by Gasteiger charge is -2.34. The van der Waals surface area contributed by atoms with Gasteiger partial charge in [0.2, 0.25) is 5.95 Å². The molecule has 1 N–H and O–H groups in total. The zero-order valence-corrected chi connectivity index (χ0v) is 14.1. The SMILES string of the molecule is COc1ccccc1OCNC(=O)N1CCN(c2ncccn2)CC1. The van der Waals surface area contributed by atoms with Crippen LogP contribution in [0.15, 0.2) is 42.7 Å². The maximum Gasteiger partial charge on any atom is 0.320 e. The summed E-state index contributed by atoms with van der Waals surface area (Å²) in [5, 5.41) is 2.77. The number of benzene rings is 1. The zero-order valence-electron chi connectivity index (χ0n) is 14.1. The predicted molar refractivity (Wildman–Crippen MR) is 92.8 cm³/mol. The third-order valence-corrected chi connectivity index (χ3v) is 3.92. The number of carbonyl (C=O) groups is 1. The standard InChI is InChI=1S/C17H21N5O3/c1-24-14-5-2-3-6-15(14)25-13-20-17(23)22-11-9-21(10-12-22)16-18-7-4-8-19-16/h2-8H,9-13H2,1H3,(H,20,23). The Bertz CT molecular complexity index is 690. The van der Waals surface area contributed by atoms with Crippen LogP contribution in [0.2, 0.25) is 0 Å². The molecule has 0 spiro atoms. The van der Waals surface area contributed by atoms with Crippen molar-refractivity contribution in [2.45, 2.75) is 0 Å². The van der Waals surface area contributed by atoms with Gasteiger partial charge in [-0.25, -0.2) is 14.8 Å². The van der Waals surface area contributed by atoms with Crippen molar-refractivity contribution in [3.8, 4) is 11.5 Å². The van der Waals surface area contributed by atoms with Crippen LogP contribution >= 0.6 is 0 Å². The summed E-state index contributed by atoms with van der Waals surface area (Å²) in [7, 11) is 1.58. The molecule has 1 aliphatic heterocycles. The monoisotopic (exact) mass is 343 g/mol. The highest BCUT2D eigenvalue weighted by molar-refractivity contribution is 5.74. The van der Waals surface area contributed by atoms with Crippen molar-refractivity contribution in [1.29, 1.82) is 0 Å². The van der Waals surface area contributed by atoms with E-state index in [9.17, 15) is 4.79 Å². The summed E-state index contributed by atoms with van der Waals surface area (Å²) >= 11 is 0. The summed E-state index contributed by atoms with van der Waals surface area (Å²) in [6.07, 6.45) is 3.44. The molecule has 8 nitrogen and oxygen atoms in total. The van der Waals surface area contributed by atoms with Gasteiger partial charge in [-0.3, -0.25) is 0 Å². The second-order valence-corrected chi connectivity index (χ2v) is 5.44. The van der Waals surface area contributed by atoms with Gasteiger partial charge in [0.25, 0.3) is 0 Å². The molecule has 0 atom stereocenters. The first-order chi connectivity index (χ1) is 12.3. The van der Waals surface area contributed by atoms with E-state index in [1.54, 1.807) is 36.5 Å². The van der Waals surface area contributed by atoms with Gasteiger partial charge in [0.05, 0.1) is 7.11 Å². The number of anilines is 1. The topological polar surface area (TPSA) is 79.8 Å². The fourth-order valence-corrected chi connectivity index (χ4v) is 2.59. The number of nitrogens with zero attached hydrogens (tertiary/aromatic N) is 4. The Labute approximate surface area is 146 Å². The molecule has 1 aromatic heterocycles. The van der Waals surface area contributed by atoms with Crippen molar-refractivity contribution >= 4 is 12.0 Å². The van der Waals surface area contributed by atoms with E-state index in [4.69, 9.17) is 9.47 Å². The molecule has 1 saturated heterocycles. The molecule has 2 amide bonds. The number of methoxy groups -OCH3 is 1. The number of amides is 2. The number of carbonyl (C=O) groups excluding carboxylic acids is 1. The van der Waals surface area contributed by atoms with Crippen LogP contribution in [-0.2, 0) is 0 Å². The second kappa shape index (κ2) is 8.18. The highest BCUT2D eigenvalue weighted by Crippen LogP contribution is 2.25. The minimum absolute atomic E-state index is 0.0845. The van der Waals surface area contributed by atoms with Gasteiger partial charge >= 0.3 is 6.03 Å². The molecule has 25 heavy (non-hydrogen) atoms. The summed E-state index contributed by atoms with van der Waals surface area (Å²) in [5.74, 6) is 1.92. The molecule has 0 unspecified atom stereocenters. The van der Waals surface area contributed by atoms with Crippen LogP contribution in [0.1, 0.15) is 0 Å². The minimum atomic E-state index is -0.150. The lowest BCUT2D eigenvalue weighted by Crippen LogP contribution is -2.52.